The summed E-state index contributed by atoms with van der Waals surface area (Å²) >= 11 is 0. The van der Waals surface area contributed by atoms with Crippen molar-refractivity contribution in [3.63, 3.8) is 0 Å². The smallest absolute Gasteiger partial charge is 0.318 e. The zero-order valence-electron chi connectivity index (χ0n) is 10.8. The zero-order valence-corrected chi connectivity index (χ0v) is 10.8. The maximum atomic E-state index is 11.8. The Balaban J connectivity index is 2.72. The van der Waals surface area contributed by atoms with Gasteiger partial charge in [0, 0.05) is 0 Å². The molecule has 1 aromatic rings. The lowest BCUT2D eigenvalue weighted by Gasteiger charge is -2.36. The molecule has 19 heavy (non-hydrogen) atoms. The molecule has 100 valence electrons. The van der Waals surface area contributed by atoms with Gasteiger partial charge in [0.2, 0.25) is 0 Å². The monoisotopic (exact) mass is 260 g/mol. The van der Waals surface area contributed by atoms with E-state index in [2.05, 4.69) is 0 Å². The summed E-state index contributed by atoms with van der Waals surface area (Å²) in [6, 6.07) is 6.89. The molecule has 1 aromatic carbocycles. The largest absolute Gasteiger partial charge is 0.481 e. The van der Waals surface area contributed by atoms with Gasteiger partial charge in [-0.05, 0) is 17.0 Å². The van der Waals surface area contributed by atoms with E-state index < -0.39 is 23.3 Å². The number of fused-ring (bicyclic) bond motifs is 1. The molecule has 1 aliphatic carbocycles. The average molecular weight is 260 g/mol. The van der Waals surface area contributed by atoms with Crippen molar-refractivity contribution in [2.75, 3.05) is 0 Å². The van der Waals surface area contributed by atoms with Crippen LogP contribution in [0.3, 0.4) is 0 Å². The number of carbonyl (C=O) groups is 2. The number of rotatable bonds is 3. The molecule has 0 radical (unpaired) electrons. The van der Waals surface area contributed by atoms with Crippen LogP contribution in [0.4, 0.5) is 0 Å². The van der Waals surface area contributed by atoms with E-state index in [1.165, 1.54) is 12.2 Å². The van der Waals surface area contributed by atoms with Crippen molar-refractivity contribution in [1.82, 2.24) is 0 Å². The lowest BCUT2D eigenvalue weighted by atomic mass is 9.65. The zero-order chi connectivity index (χ0) is 14.2. The molecule has 2 rings (SSSR count). The van der Waals surface area contributed by atoms with E-state index >= 15 is 0 Å². The van der Waals surface area contributed by atoms with Crippen molar-refractivity contribution in [3.8, 4) is 0 Å². The van der Waals surface area contributed by atoms with Gasteiger partial charge < -0.3 is 10.2 Å². The molecule has 0 aliphatic heterocycles. The van der Waals surface area contributed by atoms with Crippen molar-refractivity contribution in [3.05, 3.63) is 47.5 Å². The Kier molecular flexibility index (Phi) is 3.18. The third-order valence-corrected chi connectivity index (χ3v) is 3.82. The Morgan fingerprint density at radius 3 is 2.37 bits per heavy atom. The van der Waals surface area contributed by atoms with E-state index in [0.717, 1.165) is 0 Å². The van der Waals surface area contributed by atoms with E-state index in [4.69, 9.17) is 0 Å². The van der Waals surface area contributed by atoms with Crippen LogP contribution in [0.1, 0.15) is 30.9 Å². The molecule has 0 amide bonds. The maximum Gasteiger partial charge on any atom is 0.318 e. The number of carboxylic acid groups (broad SMARTS) is 2. The molecule has 1 aliphatic rings. The van der Waals surface area contributed by atoms with E-state index in [1.807, 2.05) is 13.8 Å². The Morgan fingerprint density at radius 1 is 1.21 bits per heavy atom. The Morgan fingerprint density at radius 2 is 1.84 bits per heavy atom. The first-order valence-electron chi connectivity index (χ1n) is 6.16. The fourth-order valence-corrected chi connectivity index (χ4v) is 2.74. The van der Waals surface area contributed by atoms with Gasteiger partial charge in [0.05, 0.1) is 0 Å². The lowest BCUT2D eigenvalue weighted by molar-refractivity contribution is -0.144. The third-order valence-electron chi connectivity index (χ3n) is 3.82. The van der Waals surface area contributed by atoms with Crippen molar-refractivity contribution in [2.45, 2.75) is 25.2 Å². The summed E-state index contributed by atoms with van der Waals surface area (Å²) in [5.41, 5.74) is -0.0104. The second kappa shape index (κ2) is 4.53. The minimum Gasteiger partial charge on any atom is -0.481 e. The van der Waals surface area contributed by atoms with Crippen LogP contribution < -0.4 is 0 Å². The van der Waals surface area contributed by atoms with Crippen molar-refractivity contribution >= 4 is 11.9 Å². The first kappa shape index (κ1) is 13.3. The summed E-state index contributed by atoms with van der Waals surface area (Å²) < 4.78 is 0. The number of carboxylic acids is 2. The minimum absolute atomic E-state index is 0.169. The predicted octanol–water partition coefficient (Wildman–Crippen LogP) is 2.40. The molecule has 0 spiro atoms. The van der Waals surface area contributed by atoms with Crippen LogP contribution in [0.25, 0.3) is 0 Å². The van der Waals surface area contributed by atoms with Gasteiger partial charge in [0.15, 0.2) is 0 Å². The highest BCUT2D eigenvalue weighted by Gasteiger charge is 2.46. The van der Waals surface area contributed by atoms with Crippen LogP contribution in [0, 0.1) is 5.92 Å². The molecule has 0 saturated carbocycles. The molecule has 0 heterocycles. The first-order valence-corrected chi connectivity index (χ1v) is 6.16. The molecule has 0 unspecified atom stereocenters. The van der Waals surface area contributed by atoms with Crippen LogP contribution in [-0.2, 0) is 15.0 Å². The fraction of sp³-hybridized carbons (Fsp3) is 0.333. The highest BCUT2D eigenvalue weighted by molar-refractivity contribution is 5.89. The highest BCUT2D eigenvalue weighted by Crippen LogP contribution is 2.43. The summed E-state index contributed by atoms with van der Waals surface area (Å²) in [6.45, 7) is 3.66. The van der Waals surface area contributed by atoms with Gasteiger partial charge in [0.1, 0.15) is 11.3 Å². The summed E-state index contributed by atoms with van der Waals surface area (Å²) in [4.78, 5) is 23.0. The van der Waals surface area contributed by atoms with Crippen LogP contribution in [0.5, 0.6) is 0 Å². The second-order valence-electron chi connectivity index (χ2n) is 5.09. The number of hydrogen-bond acceptors (Lipinski definition) is 2. The molecule has 0 aromatic heterocycles. The summed E-state index contributed by atoms with van der Waals surface area (Å²) in [5, 5.41) is 18.9. The minimum atomic E-state index is -1.15. The molecule has 0 saturated heterocycles. The normalized spacial score (nSPS) is 25.1. The topological polar surface area (TPSA) is 74.6 Å². The molecular formula is C15H16O4. The number of hydrogen-bond donors (Lipinski definition) is 2. The van der Waals surface area contributed by atoms with Crippen molar-refractivity contribution in [2.24, 2.45) is 5.92 Å². The van der Waals surface area contributed by atoms with Gasteiger partial charge in [0.25, 0.3) is 0 Å². The van der Waals surface area contributed by atoms with Crippen molar-refractivity contribution < 1.29 is 19.8 Å². The molecule has 0 fully saturated rings. The van der Waals surface area contributed by atoms with Crippen LogP contribution in [0.2, 0.25) is 0 Å². The van der Waals surface area contributed by atoms with Gasteiger partial charge in [-0.1, -0.05) is 50.3 Å². The Bertz CT molecular complexity index is 559. The molecular weight excluding hydrogens is 244 g/mol. The van der Waals surface area contributed by atoms with E-state index in [0.29, 0.717) is 11.1 Å². The number of aliphatic carboxylic acids is 2. The van der Waals surface area contributed by atoms with E-state index in [-0.39, 0.29) is 5.92 Å². The van der Waals surface area contributed by atoms with Gasteiger partial charge in [-0.2, -0.15) is 0 Å². The van der Waals surface area contributed by atoms with Crippen LogP contribution in [0.15, 0.2) is 36.4 Å². The standard InChI is InChI=1S/C15H16O4/c1-9(2)15(14(18)19)8-7-11(13(16)17)10-5-3-4-6-12(10)15/h3-9,11H,1-2H3,(H,16,17)(H,18,19)/t11-,15-/m1/s1. The van der Waals surface area contributed by atoms with Gasteiger partial charge in [-0.25, -0.2) is 0 Å². The van der Waals surface area contributed by atoms with Crippen molar-refractivity contribution in [1.29, 1.82) is 0 Å². The Hall–Kier alpha value is -2.10. The molecule has 2 atom stereocenters. The summed E-state index contributed by atoms with van der Waals surface area (Å²) in [5.74, 6) is -2.86. The van der Waals surface area contributed by atoms with E-state index in [9.17, 15) is 19.8 Å². The predicted molar refractivity (Wildman–Crippen MR) is 70.1 cm³/mol. The lowest BCUT2D eigenvalue weighted by Crippen LogP contribution is -2.42. The highest BCUT2D eigenvalue weighted by atomic mass is 16.4. The molecule has 4 nitrogen and oxygen atoms in total. The fourth-order valence-electron chi connectivity index (χ4n) is 2.74. The molecule has 4 heteroatoms. The average Bonchev–Trinajstić information content (AvgIpc) is 2.36. The quantitative estimate of drug-likeness (QED) is 0.818. The van der Waals surface area contributed by atoms with Gasteiger partial charge >= 0.3 is 11.9 Å². The van der Waals surface area contributed by atoms with Crippen LogP contribution >= 0.6 is 0 Å². The van der Waals surface area contributed by atoms with Gasteiger partial charge in [-0.3, -0.25) is 9.59 Å². The molecule has 2 N–H and O–H groups in total. The first-order chi connectivity index (χ1) is 8.91. The van der Waals surface area contributed by atoms with Gasteiger partial charge in [-0.15, -0.1) is 0 Å². The summed E-state index contributed by atoms with van der Waals surface area (Å²) in [7, 11) is 0. The SMILES string of the molecule is CC(C)[C@]1(C(=O)O)C=C[C@@H](C(=O)O)c2ccccc21. The molecule has 0 bridgehead atoms. The maximum absolute atomic E-state index is 11.8. The summed E-state index contributed by atoms with van der Waals surface area (Å²) in [6.07, 6.45) is 3.01. The van der Waals surface area contributed by atoms with E-state index in [1.54, 1.807) is 24.3 Å². The Labute approximate surface area is 111 Å². The van der Waals surface area contributed by atoms with Crippen LogP contribution in [-0.4, -0.2) is 22.2 Å². The second-order valence-corrected chi connectivity index (χ2v) is 5.09. The number of benzene rings is 1. The third kappa shape index (κ3) is 1.84.